The van der Waals surface area contributed by atoms with Crippen molar-refractivity contribution >= 4 is 0 Å². The van der Waals surface area contributed by atoms with Crippen molar-refractivity contribution in [1.29, 1.82) is 0 Å². The molecule has 0 bridgehead atoms. The summed E-state index contributed by atoms with van der Waals surface area (Å²) in [4.78, 5) is 0. The number of hydrogen-bond donors (Lipinski definition) is 0. The topological polar surface area (TPSA) is 0 Å². The lowest BCUT2D eigenvalue weighted by Gasteiger charge is -2.25. The molecule has 5 rings (SSSR count). The van der Waals surface area contributed by atoms with Gasteiger partial charge in [-0.2, -0.15) is 0 Å². The van der Waals surface area contributed by atoms with Gasteiger partial charge in [0.05, 0.1) is 0 Å². The molecular weight excluding hydrogens is 326 g/mol. The van der Waals surface area contributed by atoms with Gasteiger partial charge < -0.3 is 0 Å². The van der Waals surface area contributed by atoms with Gasteiger partial charge in [0.1, 0.15) is 11.6 Å². The van der Waals surface area contributed by atoms with Gasteiger partial charge >= 0.3 is 0 Å². The van der Waals surface area contributed by atoms with E-state index >= 15 is 8.78 Å². The van der Waals surface area contributed by atoms with Crippen LogP contribution in [0.25, 0.3) is 22.3 Å². The molecule has 3 aromatic carbocycles. The summed E-state index contributed by atoms with van der Waals surface area (Å²) < 4.78 is 31.9. The van der Waals surface area contributed by atoms with Crippen LogP contribution in [-0.2, 0) is 10.8 Å². The molecule has 130 valence electrons. The zero-order valence-electron chi connectivity index (χ0n) is 15.4. The number of rotatable bonds is 0. The highest BCUT2D eigenvalue weighted by Crippen LogP contribution is 2.58. The predicted molar refractivity (Wildman–Crippen MR) is 101 cm³/mol. The third-order valence-electron chi connectivity index (χ3n) is 6.37. The zero-order chi connectivity index (χ0) is 18.4. The Bertz CT molecular complexity index is 1010. The van der Waals surface area contributed by atoms with Crippen molar-refractivity contribution in [1.82, 2.24) is 0 Å². The van der Waals surface area contributed by atoms with E-state index in [1.807, 2.05) is 76.2 Å². The van der Waals surface area contributed by atoms with E-state index in [0.717, 1.165) is 22.3 Å². The minimum atomic E-state index is -0.562. The SMILES string of the molecule is CC1(C)c2ccccc2-c2c(F)c3c(c(F)c21)-c1ccccc1C3(C)C. The van der Waals surface area contributed by atoms with Crippen LogP contribution >= 0.6 is 0 Å². The van der Waals surface area contributed by atoms with E-state index in [-0.39, 0.29) is 11.6 Å². The molecule has 0 radical (unpaired) electrons. The van der Waals surface area contributed by atoms with Crippen LogP contribution in [0.1, 0.15) is 49.9 Å². The highest BCUT2D eigenvalue weighted by molar-refractivity contribution is 5.90. The molecule has 0 heterocycles. The fraction of sp³-hybridized carbons (Fsp3) is 0.250. The molecule has 0 atom stereocenters. The Morgan fingerprint density at radius 2 is 0.923 bits per heavy atom. The van der Waals surface area contributed by atoms with E-state index in [2.05, 4.69) is 0 Å². The molecule has 2 aliphatic rings. The molecule has 0 N–H and O–H groups in total. The van der Waals surface area contributed by atoms with Crippen LogP contribution in [0.4, 0.5) is 8.78 Å². The Labute approximate surface area is 152 Å². The van der Waals surface area contributed by atoms with E-state index in [0.29, 0.717) is 22.3 Å². The van der Waals surface area contributed by atoms with Crippen molar-refractivity contribution in [2.75, 3.05) is 0 Å². The molecule has 0 aromatic heterocycles. The van der Waals surface area contributed by atoms with E-state index < -0.39 is 10.8 Å². The van der Waals surface area contributed by atoms with Crippen molar-refractivity contribution in [2.45, 2.75) is 38.5 Å². The molecule has 0 spiro atoms. The molecule has 0 amide bonds. The quantitative estimate of drug-likeness (QED) is 0.431. The number of halogens is 2. The number of fused-ring (bicyclic) bond motifs is 6. The van der Waals surface area contributed by atoms with Gasteiger partial charge in [0.25, 0.3) is 0 Å². The summed E-state index contributed by atoms with van der Waals surface area (Å²) in [5.41, 5.74) is 4.36. The molecule has 3 aromatic rings. The van der Waals surface area contributed by atoms with Crippen LogP contribution in [0.5, 0.6) is 0 Å². The lowest BCUT2D eigenvalue weighted by Crippen LogP contribution is -2.20. The van der Waals surface area contributed by atoms with E-state index in [1.54, 1.807) is 0 Å². The first-order valence-corrected chi connectivity index (χ1v) is 9.03. The van der Waals surface area contributed by atoms with Gasteiger partial charge in [-0.1, -0.05) is 76.2 Å². The fourth-order valence-corrected chi connectivity index (χ4v) is 5.13. The second kappa shape index (κ2) is 4.62. The van der Waals surface area contributed by atoms with Crippen LogP contribution in [-0.4, -0.2) is 0 Å². The minimum absolute atomic E-state index is 0.268. The van der Waals surface area contributed by atoms with E-state index in [4.69, 9.17) is 0 Å². The fourth-order valence-electron chi connectivity index (χ4n) is 5.13. The molecule has 0 fully saturated rings. The Hall–Kier alpha value is -2.48. The average Bonchev–Trinajstić information content (AvgIpc) is 3.00. The molecule has 2 heteroatoms. The molecule has 26 heavy (non-hydrogen) atoms. The summed E-state index contributed by atoms with van der Waals surface area (Å²) in [6, 6.07) is 15.5. The second-order valence-electron chi connectivity index (χ2n) is 8.47. The van der Waals surface area contributed by atoms with Crippen molar-refractivity contribution in [2.24, 2.45) is 0 Å². The Morgan fingerprint density at radius 1 is 0.577 bits per heavy atom. The van der Waals surface area contributed by atoms with Gasteiger partial charge in [0.2, 0.25) is 0 Å². The van der Waals surface area contributed by atoms with Crippen LogP contribution in [0.15, 0.2) is 48.5 Å². The largest absolute Gasteiger partial charge is 0.206 e. The molecule has 0 unspecified atom stereocenters. The number of benzene rings is 3. The van der Waals surface area contributed by atoms with Gasteiger partial charge in [-0.3, -0.25) is 0 Å². The first-order valence-electron chi connectivity index (χ1n) is 9.03. The van der Waals surface area contributed by atoms with Gasteiger partial charge in [-0.05, 0) is 22.3 Å². The van der Waals surface area contributed by atoms with Crippen molar-refractivity contribution in [3.8, 4) is 22.3 Å². The third-order valence-corrected chi connectivity index (χ3v) is 6.37. The molecule has 0 saturated carbocycles. The smallest absolute Gasteiger partial charge is 0.136 e. The summed E-state index contributed by atoms with van der Waals surface area (Å²) in [5, 5.41) is 0. The Balaban J connectivity index is 1.99. The Morgan fingerprint density at radius 3 is 1.31 bits per heavy atom. The lowest BCUT2D eigenvalue weighted by molar-refractivity contribution is 0.530. The monoisotopic (exact) mass is 346 g/mol. The Kier molecular flexibility index (Phi) is 2.80. The van der Waals surface area contributed by atoms with Crippen molar-refractivity contribution in [3.63, 3.8) is 0 Å². The van der Waals surface area contributed by atoms with Crippen molar-refractivity contribution < 1.29 is 8.78 Å². The van der Waals surface area contributed by atoms with Gasteiger partial charge in [-0.25, -0.2) is 8.78 Å². The summed E-state index contributed by atoms with van der Waals surface area (Å²) >= 11 is 0. The average molecular weight is 346 g/mol. The maximum absolute atomic E-state index is 16.0. The maximum Gasteiger partial charge on any atom is 0.136 e. The van der Waals surface area contributed by atoms with E-state index in [1.165, 1.54) is 0 Å². The summed E-state index contributed by atoms with van der Waals surface area (Å²) in [7, 11) is 0. The van der Waals surface area contributed by atoms with Crippen molar-refractivity contribution in [3.05, 3.63) is 82.4 Å². The standard InChI is InChI=1S/C24H20F2/c1-23(2)15-11-7-5-9-13(15)17-19(23)21(25)18-14-10-6-8-12-16(14)24(3,4)20(18)22(17)26/h5-12H,1-4H3. The van der Waals surface area contributed by atoms with Gasteiger partial charge in [0.15, 0.2) is 0 Å². The zero-order valence-corrected chi connectivity index (χ0v) is 15.4. The molecule has 2 aliphatic carbocycles. The highest BCUT2D eigenvalue weighted by Gasteiger charge is 2.47. The maximum atomic E-state index is 16.0. The second-order valence-corrected chi connectivity index (χ2v) is 8.47. The first kappa shape index (κ1) is 15.7. The minimum Gasteiger partial charge on any atom is -0.206 e. The highest BCUT2D eigenvalue weighted by atomic mass is 19.1. The first-order chi connectivity index (χ1) is 12.3. The molecule has 0 saturated heterocycles. The molecular formula is C24H20F2. The van der Waals surface area contributed by atoms with Crippen LogP contribution in [0.2, 0.25) is 0 Å². The number of hydrogen-bond acceptors (Lipinski definition) is 0. The normalized spacial score (nSPS) is 17.5. The predicted octanol–water partition coefficient (Wildman–Crippen LogP) is 6.58. The summed E-state index contributed by atoms with van der Waals surface area (Å²) in [6.45, 7) is 7.94. The lowest BCUT2D eigenvalue weighted by atomic mass is 9.78. The molecule has 0 nitrogen and oxygen atoms in total. The van der Waals surface area contributed by atoms with Crippen LogP contribution < -0.4 is 0 Å². The summed E-state index contributed by atoms with van der Waals surface area (Å²) in [6.07, 6.45) is 0. The summed E-state index contributed by atoms with van der Waals surface area (Å²) in [5.74, 6) is -0.536. The van der Waals surface area contributed by atoms with Gasteiger partial charge in [0, 0.05) is 33.1 Å². The van der Waals surface area contributed by atoms with Crippen LogP contribution in [0, 0.1) is 11.6 Å². The van der Waals surface area contributed by atoms with E-state index in [9.17, 15) is 0 Å². The third kappa shape index (κ3) is 1.59. The van der Waals surface area contributed by atoms with Crippen LogP contribution in [0.3, 0.4) is 0 Å². The van der Waals surface area contributed by atoms with Gasteiger partial charge in [-0.15, -0.1) is 0 Å². The molecule has 0 aliphatic heterocycles.